The fourth-order valence-electron chi connectivity index (χ4n) is 2.76. The number of hydrogen-bond donors (Lipinski definition) is 0. The molecule has 0 amide bonds. The largest absolute Gasteiger partial charge is 0.468 e. The van der Waals surface area contributed by atoms with Gasteiger partial charge in [-0.05, 0) is 12.1 Å². The Morgan fingerprint density at radius 2 is 1.58 bits per heavy atom. The predicted octanol–water partition coefficient (Wildman–Crippen LogP) is 4.13. The van der Waals surface area contributed by atoms with Crippen molar-refractivity contribution in [3.63, 3.8) is 0 Å². The molecule has 0 aliphatic carbocycles. The van der Waals surface area contributed by atoms with Gasteiger partial charge in [-0.25, -0.2) is 0 Å². The molecule has 0 saturated heterocycles. The standard InChI is InChI=1S/C11H10O3S.C9H8OS/c1-14-11(13)8-6-15-9-5-3-2-4-7(9)10(8)12;10-8-5-6-11-9-4-2-1-3-7(8)9/h2-5,8H,6H2,1H3;1-4H,5-6H2. The molecule has 1 unspecified atom stereocenters. The van der Waals surface area contributed by atoms with Crippen LogP contribution in [0, 0.1) is 5.92 Å². The molecular weight excluding hydrogens is 368 g/mol. The van der Waals surface area contributed by atoms with Crippen LogP contribution >= 0.6 is 23.5 Å². The van der Waals surface area contributed by atoms with Gasteiger partial charge in [0.05, 0.1) is 7.11 Å². The van der Waals surface area contributed by atoms with Gasteiger partial charge < -0.3 is 4.74 Å². The monoisotopic (exact) mass is 386 g/mol. The lowest BCUT2D eigenvalue weighted by Crippen LogP contribution is -2.30. The SMILES string of the molecule is COC(=O)C1CSc2ccccc2C1=O.O=C1CCSc2ccccc21. The summed E-state index contributed by atoms with van der Waals surface area (Å²) in [5.41, 5.74) is 1.54. The molecule has 134 valence electrons. The number of fused-ring (bicyclic) bond motifs is 2. The van der Waals surface area contributed by atoms with Crippen molar-refractivity contribution in [1.29, 1.82) is 0 Å². The third-order valence-corrected chi connectivity index (χ3v) is 6.38. The Hall–Kier alpha value is -2.05. The number of carbonyl (C=O) groups excluding carboxylic acids is 3. The number of Topliss-reactive ketones (excluding diaryl/α,β-unsaturated/α-hetero) is 2. The van der Waals surface area contributed by atoms with Gasteiger partial charge in [0, 0.05) is 38.8 Å². The summed E-state index contributed by atoms with van der Waals surface area (Å²) in [6, 6.07) is 15.1. The van der Waals surface area contributed by atoms with Crippen molar-refractivity contribution < 1.29 is 19.1 Å². The van der Waals surface area contributed by atoms with Crippen molar-refractivity contribution in [3.8, 4) is 0 Å². The number of ether oxygens (including phenoxy) is 1. The Morgan fingerprint density at radius 1 is 0.962 bits per heavy atom. The van der Waals surface area contributed by atoms with Gasteiger partial charge in [0.15, 0.2) is 11.6 Å². The molecule has 2 aromatic rings. The molecular formula is C20H18O4S2. The van der Waals surface area contributed by atoms with Crippen LogP contribution in [-0.4, -0.2) is 36.2 Å². The zero-order valence-corrected chi connectivity index (χ0v) is 15.9. The summed E-state index contributed by atoms with van der Waals surface area (Å²) in [4.78, 5) is 36.6. The molecule has 0 N–H and O–H groups in total. The predicted molar refractivity (Wildman–Crippen MR) is 103 cm³/mol. The van der Waals surface area contributed by atoms with Crippen molar-refractivity contribution in [2.75, 3.05) is 18.6 Å². The quantitative estimate of drug-likeness (QED) is 0.542. The first-order valence-corrected chi connectivity index (χ1v) is 10.2. The van der Waals surface area contributed by atoms with E-state index in [2.05, 4.69) is 4.74 Å². The molecule has 0 aromatic heterocycles. The van der Waals surface area contributed by atoms with Crippen LogP contribution in [0.15, 0.2) is 58.3 Å². The highest BCUT2D eigenvalue weighted by Crippen LogP contribution is 2.33. The summed E-state index contributed by atoms with van der Waals surface area (Å²) >= 11 is 3.29. The van der Waals surface area contributed by atoms with Gasteiger partial charge in [0.2, 0.25) is 0 Å². The first-order valence-electron chi connectivity index (χ1n) is 8.20. The summed E-state index contributed by atoms with van der Waals surface area (Å²) in [7, 11) is 1.31. The lowest BCUT2D eigenvalue weighted by Gasteiger charge is -2.20. The van der Waals surface area contributed by atoms with Crippen LogP contribution < -0.4 is 0 Å². The highest BCUT2D eigenvalue weighted by atomic mass is 32.2. The summed E-state index contributed by atoms with van der Waals surface area (Å²) in [5.74, 6) is 0.491. The van der Waals surface area contributed by atoms with Crippen LogP contribution in [-0.2, 0) is 9.53 Å². The van der Waals surface area contributed by atoms with Crippen LogP contribution in [0.1, 0.15) is 27.1 Å². The van der Waals surface area contributed by atoms with E-state index >= 15 is 0 Å². The number of benzene rings is 2. The second kappa shape index (κ2) is 8.56. The summed E-state index contributed by atoms with van der Waals surface area (Å²) in [6.45, 7) is 0. The maximum atomic E-state index is 11.9. The van der Waals surface area contributed by atoms with Crippen molar-refractivity contribution in [2.24, 2.45) is 5.92 Å². The fraction of sp³-hybridized carbons (Fsp3) is 0.250. The van der Waals surface area contributed by atoms with Gasteiger partial charge in [-0.1, -0.05) is 36.4 Å². The van der Waals surface area contributed by atoms with Crippen LogP contribution in [0.2, 0.25) is 0 Å². The molecule has 2 aromatic carbocycles. The number of hydrogen-bond acceptors (Lipinski definition) is 6. The third kappa shape index (κ3) is 4.02. The van der Waals surface area contributed by atoms with Crippen LogP contribution in [0.25, 0.3) is 0 Å². The topological polar surface area (TPSA) is 60.4 Å². The molecule has 1 atom stereocenters. The van der Waals surface area contributed by atoms with E-state index in [1.54, 1.807) is 23.9 Å². The Kier molecular flexibility index (Phi) is 6.16. The molecule has 6 heteroatoms. The summed E-state index contributed by atoms with van der Waals surface area (Å²) in [6.07, 6.45) is 0.696. The Labute approximate surface area is 160 Å². The zero-order valence-electron chi connectivity index (χ0n) is 14.3. The summed E-state index contributed by atoms with van der Waals surface area (Å²) in [5, 5.41) is 0. The number of carbonyl (C=O) groups is 3. The summed E-state index contributed by atoms with van der Waals surface area (Å²) < 4.78 is 4.60. The van der Waals surface area contributed by atoms with Crippen molar-refractivity contribution in [3.05, 3.63) is 59.7 Å². The molecule has 0 bridgehead atoms. The normalized spacial score (nSPS) is 18.1. The highest BCUT2D eigenvalue weighted by molar-refractivity contribution is 7.99. The van der Waals surface area contributed by atoms with Crippen molar-refractivity contribution in [1.82, 2.24) is 0 Å². The molecule has 0 fully saturated rings. The second-order valence-electron chi connectivity index (χ2n) is 5.76. The molecule has 2 heterocycles. The second-order valence-corrected chi connectivity index (χ2v) is 7.96. The van der Waals surface area contributed by atoms with E-state index in [9.17, 15) is 14.4 Å². The van der Waals surface area contributed by atoms with Gasteiger partial charge in [-0.15, -0.1) is 23.5 Å². The van der Waals surface area contributed by atoms with E-state index in [1.165, 1.54) is 18.9 Å². The Bertz CT molecular complexity index is 847. The van der Waals surface area contributed by atoms with E-state index in [0.717, 1.165) is 21.1 Å². The van der Waals surface area contributed by atoms with Crippen LogP contribution in [0.5, 0.6) is 0 Å². The van der Waals surface area contributed by atoms with Gasteiger partial charge in [0.1, 0.15) is 5.92 Å². The van der Waals surface area contributed by atoms with E-state index in [-0.39, 0.29) is 5.78 Å². The maximum Gasteiger partial charge on any atom is 0.317 e. The number of thioether (sulfide) groups is 2. The molecule has 0 spiro atoms. The molecule has 2 aliphatic rings. The van der Waals surface area contributed by atoms with E-state index < -0.39 is 11.9 Å². The van der Waals surface area contributed by atoms with Crippen molar-refractivity contribution in [2.45, 2.75) is 16.2 Å². The van der Waals surface area contributed by atoms with Gasteiger partial charge in [0.25, 0.3) is 0 Å². The number of methoxy groups -OCH3 is 1. The number of ketones is 2. The zero-order chi connectivity index (χ0) is 18.5. The first-order chi connectivity index (χ1) is 12.6. The first kappa shape index (κ1) is 18.7. The molecule has 0 saturated carbocycles. The van der Waals surface area contributed by atoms with E-state index in [1.807, 2.05) is 36.4 Å². The van der Waals surface area contributed by atoms with Crippen LogP contribution in [0.4, 0.5) is 0 Å². The van der Waals surface area contributed by atoms with Gasteiger partial charge in [-0.2, -0.15) is 0 Å². The minimum atomic E-state index is -0.644. The average Bonchev–Trinajstić information content (AvgIpc) is 2.69. The van der Waals surface area contributed by atoms with Crippen molar-refractivity contribution >= 4 is 41.1 Å². The third-order valence-electron chi connectivity index (χ3n) is 4.13. The fourth-order valence-corrected chi connectivity index (χ4v) is 4.91. The molecule has 26 heavy (non-hydrogen) atoms. The average molecular weight is 386 g/mol. The molecule has 4 rings (SSSR count). The number of esters is 1. The Balaban J connectivity index is 0.000000158. The van der Waals surface area contributed by atoms with Gasteiger partial charge in [-0.3, -0.25) is 14.4 Å². The lowest BCUT2D eigenvalue weighted by atomic mass is 9.99. The minimum absolute atomic E-state index is 0.129. The van der Waals surface area contributed by atoms with Crippen LogP contribution in [0.3, 0.4) is 0 Å². The van der Waals surface area contributed by atoms with E-state index in [4.69, 9.17) is 0 Å². The molecule has 4 nitrogen and oxygen atoms in total. The smallest absolute Gasteiger partial charge is 0.317 e. The highest BCUT2D eigenvalue weighted by Gasteiger charge is 2.33. The van der Waals surface area contributed by atoms with Gasteiger partial charge >= 0.3 is 5.97 Å². The lowest BCUT2D eigenvalue weighted by molar-refractivity contribution is -0.142. The minimum Gasteiger partial charge on any atom is -0.468 e. The molecule has 2 aliphatic heterocycles. The molecule has 0 radical (unpaired) electrons. The van der Waals surface area contributed by atoms with E-state index in [0.29, 0.717) is 23.5 Å². The Morgan fingerprint density at radius 3 is 2.23 bits per heavy atom. The number of rotatable bonds is 1. The maximum absolute atomic E-state index is 11.9.